The van der Waals surface area contributed by atoms with Gasteiger partial charge in [0.15, 0.2) is 6.10 Å². The molecule has 1 atom stereocenters. The van der Waals surface area contributed by atoms with Crippen molar-refractivity contribution in [3.8, 4) is 0 Å². The summed E-state index contributed by atoms with van der Waals surface area (Å²) in [6.07, 6.45) is 76.6. The van der Waals surface area contributed by atoms with E-state index < -0.39 is 6.10 Å². The van der Waals surface area contributed by atoms with Crippen molar-refractivity contribution in [1.29, 1.82) is 0 Å². The molecule has 0 aromatic carbocycles. The van der Waals surface area contributed by atoms with E-state index in [-0.39, 0.29) is 37.5 Å². The Balaban J connectivity index is 4.51. The first kappa shape index (κ1) is 65.1. The lowest BCUT2D eigenvalue weighted by atomic mass is 10.0. The lowest BCUT2D eigenvalue weighted by Gasteiger charge is -2.18. The second-order valence-corrected chi connectivity index (χ2v) is 18.4. The molecule has 0 aliphatic rings. The Morgan fingerprint density at radius 3 is 0.928 bits per heavy atom. The molecule has 0 N–H and O–H groups in total. The first-order valence-electron chi connectivity index (χ1n) is 28.4. The van der Waals surface area contributed by atoms with Crippen LogP contribution in [-0.2, 0) is 28.6 Å². The first-order valence-corrected chi connectivity index (χ1v) is 28.4. The summed E-state index contributed by atoms with van der Waals surface area (Å²) in [4.78, 5) is 38.1. The first-order chi connectivity index (χ1) is 34.0. The number of rotatable bonds is 50. The minimum atomic E-state index is -0.822. The molecule has 0 fully saturated rings. The van der Waals surface area contributed by atoms with Gasteiger partial charge in [0.2, 0.25) is 0 Å². The topological polar surface area (TPSA) is 78.9 Å². The third-order valence-corrected chi connectivity index (χ3v) is 11.8. The number of hydrogen-bond donors (Lipinski definition) is 0. The van der Waals surface area contributed by atoms with Gasteiger partial charge in [0.25, 0.3) is 0 Å². The van der Waals surface area contributed by atoms with Crippen LogP contribution in [-0.4, -0.2) is 37.2 Å². The van der Waals surface area contributed by atoms with E-state index in [9.17, 15) is 14.4 Å². The molecule has 0 aliphatic heterocycles. The van der Waals surface area contributed by atoms with Crippen LogP contribution in [0, 0.1) is 0 Å². The van der Waals surface area contributed by atoms with Crippen LogP contribution in [0.25, 0.3) is 0 Å². The van der Waals surface area contributed by atoms with Gasteiger partial charge >= 0.3 is 17.9 Å². The summed E-state index contributed by atoms with van der Waals surface area (Å²) < 4.78 is 16.8. The smallest absolute Gasteiger partial charge is 0.306 e. The maximum Gasteiger partial charge on any atom is 0.306 e. The molecule has 69 heavy (non-hydrogen) atoms. The lowest BCUT2D eigenvalue weighted by Crippen LogP contribution is -2.30. The fourth-order valence-electron chi connectivity index (χ4n) is 7.59. The Kier molecular flexibility index (Phi) is 53.4. The third-order valence-electron chi connectivity index (χ3n) is 11.8. The van der Waals surface area contributed by atoms with Gasteiger partial charge in [-0.2, -0.15) is 0 Å². The Morgan fingerprint density at radius 2 is 0.580 bits per heavy atom. The number of unbranched alkanes of at least 4 members (excludes halogenated alkanes) is 21. The fraction of sp³-hybridized carbons (Fsp3) is 0.667. The maximum atomic E-state index is 12.8. The summed E-state index contributed by atoms with van der Waals surface area (Å²) >= 11 is 0. The van der Waals surface area contributed by atoms with Gasteiger partial charge in [0.05, 0.1) is 0 Å². The van der Waals surface area contributed by atoms with E-state index in [2.05, 4.69) is 130 Å². The van der Waals surface area contributed by atoms with Gasteiger partial charge in [0, 0.05) is 19.3 Å². The molecule has 392 valence electrons. The number of esters is 3. The van der Waals surface area contributed by atoms with Gasteiger partial charge in [-0.05, 0) is 96.3 Å². The summed E-state index contributed by atoms with van der Waals surface area (Å²) in [5.41, 5.74) is 0. The van der Waals surface area contributed by atoms with Crippen molar-refractivity contribution in [1.82, 2.24) is 0 Å². The summed E-state index contributed by atoms with van der Waals surface area (Å²) in [6.45, 7) is 6.35. The molecule has 0 aromatic heterocycles. The van der Waals surface area contributed by atoms with E-state index in [0.717, 1.165) is 109 Å². The predicted molar refractivity (Wildman–Crippen MR) is 297 cm³/mol. The van der Waals surface area contributed by atoms with E-state index in [1.165, 1.54) is 96.3 Å². The van der Waals surface area contributed by atoms with E-state index in [4.69, 9.17) is 14.2 Å². The highest BCUT2D eigenvalue weighted by Crippen LogP contribution is 2.15. The minimum absolute atomic E-state index is 0.111. The van der Waals surface area contributed by atoms with Crippen LogP contribution < -0.4 is 0 Å². The molecule has 0 saturated carbocycles. The second-order valence-electron chi connectivity index (χ2n) is 18.4. The monoisotopic (exact) mass is 957 g/mol. The molecule has 0 aromatic rings. The molecule has 0 aliphatic carbocycles. The molecular formula is C63H104O6. The van der Waals surface area contributed by atoms with Gasteiger partial charge < -0.3 is 14.2 Å². The number of hydrogen-bond acceptors (Lipinski definition) is 6. The van der Waals surface area contributed by atoms with Crippen molar-refractivity contribution in [3.05, 3.63) is 109 Å². The van der Waals surface area contributed by atoms with E-state index in [1.54, 1.807) is 0 Å². The van der Waals surface area contributed by atoms with Crippen molar-refractivity contribution in [2.45, 2.75) is 258 Å². The molecule has 0 spiro atoms. The molecule has 0 heterocycles. The van der Waals surface area contributed by atoms with Crippen molar-refractivity contribution in [2.75, 3.05) is 13.2 Å². The summed E-state index contributed by atoms with van der Waals surface area (Å²) in [5.74, 6) is -1.00. The van der Waals surface area contributed by atoms with Gasteiger partial charge in [-0.25, -0.2) is 0 Å². The average Bonchev–Trinajstić information content (AvgIpc) is 3.35. The molecule has 0 saturated heterocycles. The average molecular weight is 958 g/mol. The van der Waals surface area contributed by atoms with Crippen molar-refractivity contribution in [3.63, 3.8) is 0 Å². The van der Waals surface area contributed by atoms with Crippen LogP contribution in [0.2, 0.25) is 0 Å². The number of allylic oxidation sites excluding steroid dienone is 18. The Hall–Kier alpha value is -3.93. The standard InChI is InChI=1S/C63H104O6/c1-4-7-10-13-16-19-22-25-28-31-33-35-38-41-44-47-50-53-56-62(65)68-59-60(58-67-61(64)55-52-49-46-43-40-37-34-30-27-24-21-18-15-12-9-6-3)69-63(66)57-54-51-48-45-42-39-36-32-29-26-23-20-17-14-11-8-5-2/h8-9,11-12,17-18,20-21,26-27,29-30,36-37,39-40,45,48,60H,4-7,10,13-16,19,22-25,28,31-35,38,41-44,46-47,49-59H2,1-3H3/b11-8-,12-9-,20-17-,21-18-,29-26-,30-27-,39-36-,40-37-,48-45-. The van der Waals surface area contributed by atoms with Crippen LogP contribution in [0.4, 0.5) is 0 Å². The molecule has 0 amide bonds. The highest BCUT2D eigenvalue weighted by Gasteiger charge is 2.19. The summed E-state index contributed by atoms with van der Waals surface area (Å²) in [7, 11) is 0. The van der Waals surface area contributed by atoms with E-state index in [0.29, 0.717) is 19.3 Å². The van der Waals surface area contributed by atoms with Crippen LogP contribution in [0.3, 0.4) is 0 Å². The van der Waals surface area contributed by atoms with Crippen LogP contribution in [0.15, 0.2) is 109 Å². The minimum Gasteiger partial charge on any atom is -0.462 e. The zero-order chi connectivity index (χ0) is 50.0. The predicted octanol–water partition coefficient (Wildman–Crippen LogP) is 19.1. The zero-order valence-electron chi connectivity index (χ0n) is 44.8. The number of carbonyl (C=O) groups excluding carboxylic acids is 3. The quantitative estimate of drug-likeness (QED) is 0.0262. The molecule has 6 nitrogen and oxygen atoms in total. The highest BCUT2D eigenvalue weighted by molar-refractivity contribution is 5.71. The van der Waals surface area contributed by atoms with Crippen molar-refractivity contribution in [2.24, 2.45) is 0 Å². The number of ether oxygens (including phenoxy) is 3. The van der Waals surface area contributed by atoms with Crippen LogP contribution >= 0.6 is 0 Å². The zero-order valence-corrected chi connectivity index (χ0v) is 44.8. The van der Waals surface area contributed by atoms with Crippen LogP contribution in [0.1, 0.15) is 252 Å². The van der Waals surface area contributed by atoms with E-state index in [1.807, 2.05) is 0 Å². The second kappa shape index (κ2) is 56.7. The van der Waals surface area contributed by atoms with Gasteiger partial charge in [-0.15, -0.1) is 0 Å². The number of carbonyl (C=O) groups is 3. The molecular weight excluding hydrogens is 853 g/mol. The molecule has 1 unspecified atom stereocenters. The Bertz CT molecular complexity index is 1420. The van der Waals surface area contributed by atoms with Gasteiger partial charge in [-0.3, -0.25) is 14.4 Å². The van der Waals surface area contributed by atoms with Crippen molar-refractivity contribution < 1.29 is 28.6 Å². The Labute approximate surface area is 425 Å². The van der Waals surface area contributed by atoms with Gasteiger partial charge in [-0.1, -0.05) is 246 Å². The molecule has 6 heteroatoms. The highest BCUT2D eigenvalue weighted by atomic mass is 16.6. The largest absolute Gasteiger partial charge is 0.462 e. The fourth-order valence-corrected chi connectivity index (χ4v) is 7.59. The molecule has 0 bridgehead atoms. The third kappa shape index (κ3) is 54.9. The van der Waals surface area contributed by atoms with Crippen LogP contribution in [0.5, 0.6) is 0 Å². The SMILES string of the molecule is CC/C=C\C/C=C\C/C=C\C/C=C\C/C=C\CCCC(=O)OC(COC(=O)CCCCC/C=C\C/C=C\C/C=C\C/C=C\CC)COC(=O)CCCCCCCCCCCCCCCCCCCC. The maximum absolute atomic E-state index is 12.8. The lowest BCUT2D eigenvalue weighted by molar-refractivity contribution is -0.167. The van der Waals surface area contributed by atoms with E-state index >= 15 is 0 Å². The summed E-state index contributed by atoms with van der Waals surface area (Å²) in [5, 5.41) is 0. The summed E-state index contributed by atoms with van der Waals surface area (Å²) in [6, 6.07) is 0. The molecule has 0 rings (SSSR count). The van der Waals surface area contributed by atoms with Gasteiger partial charge in [0.1, 0.15) is 13.2 Å². The molecule has 0 radical (unpaired) electrons. The Morgan fingerprint density at radius 1 is 0.304 bits per heavy atom. The van der Waals surface area contributed by atoms with Crippen molar-refractivity contribution >= 4 is 17.9 Å². The normalized spacial score (nSPS) is 12.9.